The maximum Gasteiger partial charge on any atom is 0.262 e. The quantitative estimate of drug-likeness (QED) is 0.869. The second-order valence-corrected chi connectivity index (χ2v) is 7.27. The molecule has 0 fully saturated rings. The first-order valence-corrected chi connectivity index (χ1v) is 9.29. The summed E-state index contributed by atoms with van der Waals surface area (Å²) in [6.45, 7) is 8.58. The number of benzene rings is 2. The van der Waals surface area contributed by atoms with E-state index in [2.05, 4.69) is 32.2 Å². The SMILES string of the molecule is CC(=O)N1CCc2cc(NC(=O)COc3ccc(C(C)C)c(C)c3)ccc21. The number of hydrogen-bond acceptors (Lipinski definition) is 3. The summed E-state index contributed by atoms with van der Waals surface area (Å²) in [5.41, 5.74) is 5.17. The van der Waals surface area contributed by atoms with E-state index >= 15 is 0 Å². The summed E-state index contributed by atoms with van der Waals surface area (Å²) in [5.74, 6) is 0.985. The molecule has 0 spiro atoms. The Kier molecular flexibility index (Phi) is 5.49. The van der Waals surface area contributed by atoms with Crippen LogP contribution in [0.2, 0.25) is 0 Å². The maximum atomic E-state index is 12.2. The van der Waals surface area contributed by atoms with Gasteiger partial charge in [-0.3, -0.25) is 9.59 Å². The van der Waals surface area contributed by atoms with Crippen LogP contribution < -0.4 is 15.0 Å². The summed E-state index contributed by atoms with van der Waals surface area (Å²) >= 11 is 0. The zero-order valence-electron chi connectivity index (χ0n) is 16.3. The van der Waals surface area contributed by atoms with Crippen LogP contribution in [0.25, 0.3) is 0 Å². The van der Waals surface area contributed by atoms with Gasteiger partial charge in [-0.2, -0.15) is 0 Å². The molecule has 0 aromatic heterocycles. The highest BCUT2D eigenvalue weighted by molar-refractivity contribution is 5.95. The van der Waals surface area contributed by atoms with Crippen LogP contribution in [0.3, 0.4) is 0 Å². The number of anilines is 2. The van der Waals surface area contributed by atoms with Gasteiger partial charge in [0.15, 0.2) is 6.61 Å². The lowest BCUT2D eigenvalue weighted by atomic mass is 9.98. The Morgan fingerprint density at radius 1 is 1.19 bits per heavy atom. The Morgan fingerprint density at radius 2 is 1.96 bits per heavy atom. The van der Waals surface area contributed by atoms with Gasteiger partial charge in [0.25, 0.3) is 5.91 Å². The molecule has 2 aromatic carbocycles. The number of ether oxygens (including phenoxy) is 1. The van der Waals surface area contributed by atoms with Crippen molar-refractivity contribution < 1.29 is 14.3 Å². The number of nitrogens with one attached hydrogen (secondary N) is 1. The molecule has 1 aliphatic rings. The minimum absolute atomic E-state index is 0.0396. The van der Waals surface area contributed by atoms with Crippen molar-refractivity contribution in [3.05, 3.63) is 53.1 Å². The number of nitrogens with zero attached hydrogens (tertiary/aromatic N) is 1. The molecule has 0 saturated heterocycles. The molecule has 0 unspecified atom stereocenters. The predicted octanol–water partition coefficient (Wildman–Crippen LogP) is 4.04. The van der Waals surface area contributed by atoms with Gasteiger partial charge in [-0.25, -0.2) is 0 Å². The van der Waals surface area contributed by atoms with E-state index in [1.54, 1.807) is 11.8 Å². The number of carbonyl (C=O) groups is 2. The Hall–Kier alpha value is -2.82. The molecule has 142 valence electrons. The second kappa shape index (κ2) is 7.82. The van der Waals surface area contributed by atoms with E-state index < -0.39 is 0 Å². The van der Waals surface area contributed by atoms with E-state index in [0.29, 0.717) is 18.2 Å². The fraction of sp³-hybridized carbons (Fsp3) is 0.364. The van der Waals surface area contributed by atoms with Crippen LogP contribution in [0.5, 0.6) is 5.75 Å². The molecule has 0 atom stereocenters. The Bertz CT molecular complexity index is 874. The third-order valence-corrected chi connectivity index (χ3v) is 4.87. The van der Waals surface area contributed by atoms with Crippen molar-refractivity contribution in [3.8, 4) is 5.75 Å². The molecule has 0 bridgehead atoms. The zero-order chi connectivity index (χ0) is 19.6. The van der Waals surface area contributed by atoms with Crippen LogP contribution in [0.15, 0.2) is 36.4 Å². The van der Waals surface area contributed by atoms with Crippen LogP contribution in [0.4, 0.5) is 11.4 Å². The van der Waals surface area contributed by atoms with Crippen LogP contribution in [0.1, 0.15) is 43.4 Å². The first kappa shape index (κ1) is 19.0. The molecule has 1 aliphatic heterocycles. The van der Waals surface area contributed by atoms with E-state index in [-0.39, 0.29) is 18.4 Å². The summed E-state index contributed by atoms with van der Waals surface area (Å²) in [6.07, 6.45) is 0.802. The lowest BCUT2D eigenvalue weighted by molar-refractivity contribution is -0.118. The van der Waals surface area contributed by atoms with Crippen LogP contribution in [-0.4, -0.2) is 25.0 Å². The monoisotopic (exact) mass is 366 g/mol. The summed E-state index contributed by atoms with van der Waals surface area (Å²) < 4.78 is 5.63. The number of rotatable bonds is 5. The van der Waals surface area contributed by atoms with Gasteiger partial charge >= 0.3 is 0 Å². The minimum Gasteiger partial charge on any atom is -0.484 e. The Morgan fingerprint density at radius 3 is 2.63 bits per heavy atom. The number of fused-ring (bicyclic) bond motifs is 1. The Balaban J connectivity index is 1.59. The van der Waals surface area contributed by atoms with Crippen molar-refractivity contribution >= 4 is 23.2 Å². The first-order chi connectivity index (χ1) is 12.8. The Labute approximate surface area is 160 Å². The second-order valence-electron chi connectivity index (χ2n) is 7.27. The average molecular weight is 366 g/mol. The van der Waals surface area contributed by atoms with Gasteiger partial charge in [0.1, 0.15) is 5.75 Å². The molecule has 3 rings (SSSR count). The van der Waals surface area contributed by atoms with Crippen molar-refractivity contribution in [1.82, 2.24) is 0 Å². The molecule has 1 heterocycles. The van der Waals surface area contributed by atoms with E-state index in [1.165, 1.54) is 5.56 Å². The first-order valence-electron chi connectivity index (χ1n) is 9.29. The summed E-state index contributed by atoms with van der Waals surface area (Å²) in [7, 11) is 0. The van der Waals surface area contributed by atoms with Crippen molar-refractivity contribution in [2.45, 2.75) is 40.0 Å². The van der Waals surface area contributed by atoms with Crippen LogP contribution in [0, 0.1) is 6.92 Å². The fourth-order valence-corrected chi connectivity index (χ4v) is 3.54. The molecule has 2 amide bonds. The largest absolute Gasteiger partial charge is 0.484 e. The molecule has 2 aromatic rings. The molecular weight excluding hydrogens is 340 g/mol. The van der Waals surface area contributed by atoms with Gasteiger partial charge in [0.05, 0.1) is 0 Å². The number of carbonyl (C=O) groups excluding carboxylic acids is 2. The van der Waals surface area contributed by atoms with Gasteiger partial charge in [0, 0.05) is 24.8 Å². The number of aryl methyl sites for hydroxylation is 1. The van der Waals surface area contributed by atoms with Crippen molar-refractivity contribution in [2.24, 2.45) is 0 Å². The highest BCUT2D eigenvalue weighted by Gasteiger charge is 2.22. The van der Waals surface area contributed by atoms with Gasteiger partial charge in [-0.15, -0.1) is 0 Å². The highest BCUT2D eigenvalue weighted by atomic mass is 16.5. The zero-order valence-corrected chi connectivity index (χ0v) is 16.3. The van der Waals surface area contributed by atoms with Gasteiger partial charge in [0.2, 0.25) is 5.91 Å². The predicted molar refractivity (Wildman–Crippen MR) is 108 cm³/mol. The van der Waals surface area contributed by atoms with E-state index in [4.69, 9.17) is 4.74 Å². The van der Waals surface area contributed by atoms with Crippen molar-refractivity contribution in [1.29, 1.82) is 0 Å². The van der Waals surface area contributed by atoms with Gasteiger partial charge in [-0.1, -0.05) is 19.9 Å². The van der Waals surface area contributed by atoms with E-state index in [0.717, 1.165) is 28.9 Å². The average Bonchev–Trinajstić information content (AvgIpc) is 3.03. The van der Waals surface area contributed by atoms with Crippen LogP contribution in [-0.2, 0) is 16.0 Å². The van der Waals surface area contributed by atoms with Crippen molar-refractivity contribution in [3.63, 3.8) is 0 Å². The lowest BCUT2D eigenvalue weighted by Gasteiger charge is -2.15. The van der Waals surface area contributed by atoms with Gasteiger partial charge < -0.3 is 15.0 Å². The van der Waals surface area contributed by atoms with E-state index in [9.17, 15) is 9.59 Å². The number of amides is 2. The smallest absolute Gasteiger partial charge is 0.262 e. The lowest BCUT2D eigenvalue weighted by Crippen LogP contribution is -2.25. The van der Waals surface area contributed by atoms with E-state index in [1.807, 2.05) is 30.3 Å². The highest BCUT2D eigenvalue weighted by Crippen LogP contribution is 2.30. The molecule has 27 heavy (non-hydrogen) atoms. The topological polar surface area (TPSA) is 58.6 Å². The fourth-order valence-electron chi connectivity index (χ4n) is 3.54. The number of hydrogen-bond donors (Lipinski definition) is 1. The molecule has 1 N–H and O–H groups in total. The standard InChI is InChI=1S/C22H26N2O3/c1-14(2)20-7-6-19(11-15(20)3)27-13-22(26)23-18-5-8-21-17(12-18)9-10-24(21)16(4)25/h5-8,11-12,14H,9-10,13H2,1-4H3,(H,23,26). The summed E-state index contributed by atoms with van der Waals surface area (Å²) in [5, 5.41) is 2.86. The molecule has 0 saturated carbocycles. The minimum atomic E-state index is -0.207. The third kappa shape index (κ3) is 4.30. The van der Waals surface area contributed by atoms with Crippen LogP contribution >= 0.6 is 0 Å². The molecule has 5 heteroatoms. The van der Waals surface area contributed by atoms with Crippen molar-refractivity contribution in [2.75, 3.05) is 23.4 Å². The molecule has 0 aliphatic carbocycles. The third-order valence-electron chi connectivity index (χ3n) is 4.87. The normalized spacial score (nSPS) is 12.9. The molecule has 5 nitrogen and oxygen atoms in total. The molecular formula is C22H26N2O3. The van der Waals surface area contributed by atoms with Gasteiger partial charge in [-0.05, 0) is 66.3 Å². The molecule has 0 radical (unpaired) electrons. The summed E-state index contributed by atoms with van der Waals surface area (Å²) in [4.78, 5) is 25.6. The maximum absolute atomic E-state index is 12.2. The summed E-state index contributed by atoms with van der Waals surface area (Å²) in [6, 6.07) is 11.6.